The molecule has 1 aliphatic heterocycles. The van der Waals surface area contributed by atoms with Crippen LogP contribution in [0.3, 0.4) is 0 Å². The normalized spacial score (nSPS) is 25.0. The van der Waals surface area contributed by atoms with Crippen molar-refractivity contribution in [3.8, 4) is 0 Å². The van der Waals surface area contributed by atoms with Gasteiger partial charge in [-0.25, -0.2) is 0 Å². The van der Waals surface area contributed by atoms with Gasteiger partial charge in [-0.1, -0.05) is 40.8 Å². The van der Waals surface area contributed by atoms with E-state index in [2.05, 4.69) is 33.9 Å². The van der Waals surface area contributed by atoms with Crippen LogP contribution in [-0.4, -0.2) is 36.3 Å². The van der Waals surface area contributed by atoms with Crippen LogP contribution in [-0.2, 0) is 9.59 Å². The van der Waals surface area contributed by atoms with E-state index in [0.717, 1.165) is 0 Å². The van der Waals surface area contributed by atoms with Gasteiger partial charge in [-0.05, 0) is 11.5 Å². The highest BCUT2D eigenvalue weighted by atomic mass is 28.3. The van der Waals surface area contributed by atoms with Crippen LogP contribution in [0.25, 0.3) is 0 Å². The first-order valence-electron chi connectivity index (χ1n) is 6.52. The van der Waals surface area contributed by atoms with Crippen molar-refractivity contribution in [2.45, 2.75) is 58.7 Å². The molecule has 1 N–H and O–H groups in total. The molecule has 4 nitrogen and oxygen atoms in total. The average molecular weight is 271 g/mol. The summed E-state index contributed by atoms with van der Waals surface area (Å²) in [5.74, 6) is -0.820. The number of nitrogens with zero attached hydrogens (tertiary/aromatic N) is 1. The molecular weight excluding hydrogens is 246 g/mol. The number of aliphatic carboxylic acids is 1. The van der Waals surface area contributed by atoms with Gasteiger partial charge in [0.25, 0.3) is 0 Å². The third-order valence-electron chi connectivity index (χ3n) is 4.84. The van der Waals surface area contributed by atoms with Crippen LogP contribution in [0, 0.1) is 5.41 Å². The van der Waals surface area contributed by atoms with E-state index in [4.69, 9.17) is 5.11 Å². The summed E-state index contributed by atoms with van der Waals surface area (Å²) >= 11 is 0. The van der Waals surface area contributed by atoms with Crippen molar-refractivity contribution in [2.24, 2.45) is 5.41 Å². The molecule has 0 unspecified atom stereocenters. The zero-order valence-corrected chi connectivity index (χ0v) is 13.3. The molecule has 0 aromatic carbocycles. The van der Waals surface area contributed by atoms with Crippen molar-refractivity contribution in [1.82, 2.24) is 4.57 Å². The van der Waals surface area contributed by atoms with E-state index in [-0.39, 0.29) is 17.4 Å². The molecule has 1 aliphatic rings. The lowest BCUT2D eigenvalue weighted by atomic mass is 9.75. The molecule has 0 saturated carbocycles. The Hall–Kier alpha value is -0.843. The van der Waals surface area contributed by atoms with Crippen LogP contribution in [0.15, 0.2) is 0 Å². The summed E-state index contributed by atoms with van der Waals surface area (Å²) in [6, 6.07) is 0. The topological polar surface area (TPSA) is 57.6 Å². The molecule has 104 valence electrons. The average Bonchev–Trinajstić information content (AvgIpc) is 2.20. The predicted octanol–water partition coefficient (Wildman–Crippen LogP) is 2.70. The molecule has 0 spiro atoms. The first kappa shape index (κ1) is 15.2. The van der Waals surface area contributed by atoms with Crippen LogP contribution in [0.4, 0.5) is 0 Å². The lowest BCUT2D eigenvalue weighted by molar-refractivity contribution is -0.160. The molecule has 1 saturated heterocycles. The number of carboxylic acid groups (broad SMARTS) is 1. The van der Waals surface area contributed by atoms with Crippen LogP contribution in [0.5, 0.6) is 0 Å². The molecule has 18 heavy (non-hydrogen) atoms. The van der Waals surface area contributed by atoms with E-state index >= 15 is 0 Å². The van der Waals surface area contributed by atoms with Gasteiger partial charge in [0.1, 0.15) is 0 Å². The first-order valence-corrected chi connectivity index (χ1v) is 9.46. The number of carbonyl (C=O) groups is 2. The van der Waals surface area contributed by atoms with E-state index in [1.54, 1.807) is 0 Å². The van der Waals surface area contributed by atoms with Gasteiger partial charge < -0.3 is 9.67 Å². The zero-order valence-electron chi connectivity index (χ0n) is 12.3. The molecule has 0 aromatic rings. The number of hydrogen-bond donors (Lipinski definition) is 1. The van der Waals surface area contributed by atoms with Gasteiger partial charge in [-0.3, -0.25) is 9.59 Å². The Bertz CT molecular complexity index is 373. The summed E-state index contributed by atoms with van der Waals surface area (Å²) in [4.78, 5) is 23.3. The van der Waals surface area contributed by atoms with Crippen molar-refractivity contribution in [3.63, 3.8) is 0 Å². The van der Waals surface area contributed by atoms with Gasteiger partial charge in [-0.15, -0.1) is 0 Å². The monoisotopic (exact) mass is 271 g/mol. The van der Waals surface area contributed by atoms with E-state index < -0.39 is 19.6 Å². The van der Waals surface area contributed by atoms with Crippen molar-refractivity contribution in [2.75, 3.05) is 6.54 Å². The van der Waals surface area contributed by atoms with Crippen LogP contribution in [0.1, 0.15) is 40.5 Å². The van der Waals surface area contributed by atoms with Crippen LogP contribution >= 0.6 is 0 Å². The summed E-state index contributed by atoms with van der Waals surface area (Å²) in [6.07, 6.45) is 0.580. The highest BCUT2D eigenvalue weighted by Gasteiger charge is 2.58. The number of carboxylic acids is 1. The van der Waals surface area contributed by atoms with Crippen molar-refractivity contribution < 1.29 is 14.7 Å². The fraction of sp³-hybridized carbons (Fsp3) is 0.846. The SMILES string of the molecule is CC[C@@]1(CC(=O)O)CN([Si](C)(C)C(C)(C)C)C1=O. The highest BCUT2D eigenvalue weighted by Crippen LogP contribution is 2.48. The minimum atomic E-state index is -1.85. The van der Waals surface area contributed by atoms with Gasteiger partial charge in [0.2, 0.25) is 5.91 Å². The van der Waals surface area contributed by atoms with Crippen LogP contribution in [0.2, 0.25) is 18.1 Å². The van der Waals surface area contributed by atoms with Gasteiger partial charge in [0.05, 0.1) is 11.8 Å². The molecule has 0 radical (unpaired) electrons. The van der Waals surface area contributed by atoms with E-state index in [9.17, 15) is 9.59 Å². The van der Waals surface area contributed by atoms with Gasteiger partial charge in [0, 0.05) is 6.54 Å². The molecule has 5 heteroatoms. The molecule has 0 aromatic heterocycles. The minimum absolute atomic E-state index is 0.0343. The number of rotatable bonds is 4. The van der Waals surface area contributed by atoms with Crippen molar-refractivity contribution in [3.05, 3.63) is 0 Å². The summed E-state index contributed by atoms with van der Waals surface area (Å²) in [5, 5.41) is 9.06. The molecule has 0 aliphatic carbocycles. The fourth-order valence-electron chi connectivity index (χ4n) is 2.30. The Kier molecular flexibility index (Phi) is 3.69. The number of β-lactam (4-membered cyclic amide) rings is 1. The third-order valence-corrected chi connectivity index (χ3v) is 10.2. The quantitative estimate of drug-likeness (QED) is 0.632. The lowest BCUT2D eigenvalue weighted by Gasteiger charge is -2.58. The second-order valence-corrected chi connectivity index (χ2v) is 12.1. The van der Waals surface area contributed by atoms with Crippen molar-refractivity contribution in [1.29, 1.82) is 0 Å². The second kappa shape index (κ2) is 4.37. The molecule has 1 rings (SSSR count). The maximum Gasteiger partial charge on any atom is 0.304 e. The highest BCUT2D eigenvalue weighted by molar-refractivity contribution is 6.80. The summed E-state index contributed by atoms with van der Waals surface area (Å²) in [7, 11) is -1.85. The maximum atomic E-state index is 12.4. The van der Waals surface area contributed by atoms with Gasteiger partial charge in [0.15, 0.2) is 8.24 Å². The molecule has 1 atom stereocenters. The molecule has 1 heterocycles. The number of carbonyl (C=O) groups excluding carboxylic acids is 1. The predicted molar refractivity (Wildman–Crippen MR) is 73.9 cm³/mol. The lowest BCUT2D eigenvalue weighted by Crippen LogP contribution is -2.72. The van der Waals surface area contributed by atoms with Crippen molar-refractivity contribution >= 4 is 20.1 Å². The molecule has 1 amide bonds. The third kappa shape index (κ3) is 2.20. The largest absolute Gasteiger partial charge is 0.481 e. The summed E-state index contributed by atoms with van der Waals surface area (Å²) in [5.41, 5.74) is -0.638. The summed E-state index contributed by atoms with van der Waals surface area (Å²) in [6.45, 7) is 13.4. The van der Waals surface area contributed by atoms with Gasteiger partial charge >= 0.3 is 5.97 Å². The second-order valence-electron chi connectivity index (χ2n) is 6.90. The van der Waals surface area contributed by atoms with Gasteiger partial charge in [-0.2, -0.15) is 0 Å². The first-order chi connectivity index (χ1) is 7.98. The Labute approximate surface area is 110 Å². The van der Waals surface area contributed by atoms with E-state index in [1.807, 2.05) is 11.5 Å². The molecule has 1 fully saturated rings. The van der Waals surface area contributed by atoms with E-state index in [0.29, 0.717) is 13.0 Å². The Morgan fingerprint density at radius 2 is 1.94 bits per heavy atom. The summed E-state index contributed by atoms with van der Waals surface area (Å²) < 4.78 is 1.97. The number of amides is 1. The fourth-order valence-corrected chi connectivity index (χ4v) is 4.56. The zero-order chi connectivity index (χ0) is 14.4. The molecular formula is C13H25NO3Si. The smallest absolute Gasteiger partial charge is 0.304 e. The Balaban J connectivity index is 2.91. The Morgan fingerprint density at radius 1 is 1.44 bits per heavy atom. The Morgan fingerprint density at radius 3 is 2.22 bits per heavy atom. The standard InChI is InChI=1S/C13H25NO3Si/c1-7-13(8-10(15)16)9-14(11(13)17)18(5,6)12(2,3)4/h7-9H2,1-6H3,(H,15,16)/t13-/m1/s1. The molecule has 0 bridgehead atoms. The van der Waals surface area contributed by atoms with E-state index in [1.165, 1.54) is 0 Å². The number of hydrogen-bond acceptors (Lipinski definition) is 2. The minimum Gasteiger partial charge on any atom is -0.481 e. The van der Waals surface area contributed by atoms with Crippen LogP contribution < -0.4 is 0 Å². The maximum absolute atomic E-state index is 12.4.